The highest BCUT2D eigenvalue weighted by molar-refractivity contribution is 7.89. The van der Waals surface area contributed by atoms with E-state index in [0.717, 1.165) is 32.2 Å². The highest BCUT2D eigenvalue weighted by Crippen LogP contribution is 2.26. The number of hydrogen-bond donors (Lipinski definition) is 2. The van der Waals surface area contributed by atoms with Gasteiger partial charge in [0.2, 0.25) is 15.9 Å². The fraction of sp³-hybridized carbons (Fsp3) is 0.632. The zero-order valence-electron chi connectivity index (χ0n) is 16.3. The summed E-state index contributed by atoms with van der Waals surface area (Å²) in [5.41, 5.74) is 1.20. The molecule has 3 rings (SSSR count). The number of rotatable bonds is 5. The second-order valence-electron chi connectivity index (χ2n) is 7.28. The number of aryl methyl sites for hydroxylation is 1. The summed E-state index contributed by atoms with van der Waals surface area (Å²) in [4.78, 5) is 12.6. The Kier molecular flexibility index (Phi) is 8.70. The lowest BCUT2D eigenvalue weighted by Crippen LogP contribution is -2.43. The Hall–Kier alpha value is -1.19. The van der Waals surface area contributed by atoms with Gasteiger partial charge in [0.15, 0.2) is 0 Å². The molecule has 158 valence electrons. The summed E-state index contributed by atoms with van der Waals surface area (Å²) in [6.07, 6.45) is 4.22. The van der Waals surface area contributed by atoms with E-state index in [0.29, 0.717) is 44.0 Å². The Balaban J connectivity index is 0.00000280. The average molecular weight is 432 g/mol. The largest absolute Gasteiger partial charge is 0.378 e. The van der Waals surface area contributed by atoms with Crippen LogP contribution in [0, 0.1) is 6.92 Å². The van der Waals surface area contributed by atoms with Gasteiger partial charge < -0.3 is 15.4 Å². The van der Waals surface area contributed by atoms with E-state index in [9.17, 15) is 13.2 Å². The van der Waals surface area contributed by atoms with Crippen LogP contribution in [0.15, 0.2) is 23.1 Å². The number of anilines is 1. The van der Waals surface area contributed by atoms with Gasteiger partial charge in [-0.15, -0.1) is 12.4 Å². The number of amides is 1. The first-order valence-electron chi connectivity index (χ1n) is 9.68. The first-order chi connectivity index (χ1) is 13.0. The summed E-state index contributed by atoms with van der Waals surface area (Å²) in [6.45, 7) is 4.82. The van der Waals surface area contributed by atoms with E-state index in [4.69, 9.17) is 4.74 Å². The standard InChI is InChI=1S/C19H29N3O4S.ClH/c1-15-6-7-16(21-19(23)13-17-14-26-11-8-20-17)12-18(15)27(24,25)22-9-4-2-3-5-10-22;/h6-7,12,17,20H,2-5,8-11,13-14H2,1H3,(H,21,23);1H. The molecule has 2 aliphatic rings. The van der Waals surface area contributed by atoms with Crippen LogP contribution in [0.4, 0.5) is 5.69 Å². The molecule has 28 heavy (non-hydrogen) atoms. The van der Waals surface area contributed by atoms with Crippen LogP contribution in [0.1, 0.15) is 37.7 Å². The Morgan fingerprint density at radius 1 is 1.25 bits per heavy atom. The second kappa shape index (κ2) is 10.5. The third-order valence-corrected chi connectivity index (χ3v) is 7.13. The molecule has 1 unspecified atom stereocenters. The molecule has 0 spiro atoms. The van der Waals surface area contributed by atoms with Gasteiger partial charge in [0.1, 0.15) is 0 Å². The van der Waals surface area contributed by atoms with Crippen molar-refractivity contribution >= 4 is 34.0 Å². The minimum absolute atomic E-state index is 0. The van der Waals surface area contributed by atoms with E-state index >= 15 is 0 Å². The van der Waals surface area contributed by atoms with E-state index in [2.05, 4.69) is 10.6 Å². The number of nitrogens with one attached hydrogen (secondary N) is 2. The maximum absolute atomic E-state index is 13.1. The fourth-order valence-electron chi connectivity index (χ4n) is 3.56. The maximum Gasteiger partial charge on any atom is 0.243 e. The third kappa shape index (κ3) is 5.90. The molecule has 0 aromatic heterocycles. The number of sulfonamides is 1. The van der Waals surface area contributed by atoms with Crippen molar-refractivity contribution < 1.29 is 17.9 Å². The summed E-state index contributed by atoms with van der Waals surface area (Å²) >= 11 is 0. The average Bonchev–Trinajstić information content (AvgIpc) is 2.94. The minimum Gasteiger partial charge on any atom is -0.378 e. The summed E-state index contributed by atoms with van der Waals surface area (Å²) in [7, 11) is -3.55. The maximum atomic E-state index is 13.1. The van der Waals surface area contributed by atoms with Crippen molar-refractivity contribution in [3.05, 3.63) is 23.8 Å². The number of halogens is 1. The van der Waals surface area contributed by atoms with E-state index in [1.807, 2.05) is 0 Å². The van der Waals surface area contributed by atoms with Crippen LogP contribution in [0.3, 0.4) is 0 Å². The highest BCUT2D eigenvalue weighted by atomic mass is 35.5. The number of hydrogen-bond acceptors (Lipinski definition) is 5. The highest BCUT2D eigenvalue weighted by Gasteiger charge is 2.27. The molecule has 0 radical (unpaired) electrons. The number of carbonyl (C=O) groups is 1. The Morgan fingerprint density at radius 3 is 2.61 bits per heavy atom. The van der Waals surface area contributed by atoms with Crippen LogP contribution in [0.5, 0.6) is 0 Å². The van der Waals surface area contributed by atoms with Gasteiger partial charge in [0, 0.05) is 37.8 Å². The van der Waals surface area contributed by atoms with Crippen molar-refractivity contribution in [2.24, 2.45) is 0 Å². The summed E-state index contributed by atoms with van der Waals surface area (Å²) in [6, 6.07) is 5.07. The van der Waals surface area contributed by atoms with Crippen LogP contribution >= 0.6 is 12.4 Å². The van der Waals surface area contributed by atoms with Crippen LogP contribution in [-0.2, 0) is 19.6 Å². The topological polar surface area (TPSA) is 87.7 Å². The number of nitrogens with zero attached hydrogens (tertiary/aromatic N) is 1. The predicted octanol–water partition coefficient (Wildman–Crippen LogP) is 2.30. The smallest absolute Gasteiger partial charge is 0.243 e. The van der Waals surface area contributed by atoms with Gasteiger partial charge >= 0.3 is 0 Å². The summed E-state index contributed by atoms with van der Waals surface area (Å²) in [5, 5.41) is 6.07. The molecule has 1 amide bonds. The first-order valence-corrected chi connectivity index (χ1v) is 11.1. The second-order valence-corrected chi connectivity index (χ2v) is 9.18. The van der Waals surface area contributed by atoms with Crippen LogP contribution in [-0.4, -0.2) is 57.5 Å². The quantitative estimate of drug-likeness (QED) is 0.746. The zero-order chi connectivity index (χ0) is 19.3. The SMILES string of the molecule is Cc1ccc(NC(=O)CC2COCCN2)cc1S(=O)(=O)N1CCCCCC1.Cl. The molecule has 2 aliphatic heterocycles. The summed E-state index contributed by atoms with van der Waals surface area (Å²) < 4.78 is 33.1. The van der Waals surface area contributed by atoms with Gasteiger partial charge in [-0.2, -0.15) is 4.31 Å². The molecule has 0 bridgehead atoms. The minimum atomic E-state index is -3.55. The van der Waals surface area contributed by atoms with Gasteiger partial charge in [-0.05, 0) is 37.5 Å². The van der Waals surface area contributed by atoms with Crippen molar-refractivity contribution in [1.82, 2.24) is 9.62 Å². The Labute approximate surface area is 173 Å². The number of ether oxygens (including phenoxy) is 1. The molecule has 1 atom stereocenters. The van der Waals surface area contributed by atoms with Crippen molar-refractivity contribution in [2.45, 2.75) is 50.0 Å². The lowest BCUT2D eigenvalue weighted by atomic mass is 10.2. The zero-order valence-corrected chi connectivity index (χ0v) is 17.9. The van der Waals surface area contributed by atoms with Crippen LogP contribution in [0.25, 0.3) is 0 Å². The lowest BCUT2D eigenvalue weighted by Gasteiger charge is -2.23. The van der Waals surface area contributed by atoms with E-state index < -0.39 is 10.0 Å². The van der Waals surface area contributed by atoms with Gasteiger partial charge in [0.05, 0.1) is 18.1 Å². The lowest BCUT2D eigenvalue weighted by molar-refractivity contribution is -0.117. The van der Waals surface area contributed by atoms with E-state index in [-0.39, 0.29) is 29.3 Å². The van der Waals surface area contributed by atoms with Crippen molar-refractivity contribution in [3.8, 4) is 0 Å². The molecule has 1 aromatic carbocycles. The normalized spacial score (nSPS) is 21.4. The van der Waals surface area contributed by atoms with Crippen molar-refractivity contribution in [2.75, 3.05) is 38.2 Å². The fourth-order valence-corrected chi connectivity index (χ4v) is 5.33. The van der Waals surface area contributed by atoms with Gasteiger partial charge in [-0.3, -0.25) is 4.79 Å². The third-order valence-electron chi connectivity index (χ3n) is 5.09. The predicted molar refractivity (Wildman–Crippen MR) is 112 cm³/mol. The first kappa shape index (κ1) is 23.1. The Morgan fingerprint density at radius 2 is 1.96 bits per heavy atom. The molecule has 0 aliphatic carbocycles. The van der Waals surface area contributed by atoms with E-state index in [1.165, 1.54) is 0 Å². The molecule has 9 heteroatoms. The van der Waals surface area contributed by atoms with Crippen molar-refractivity contribution in [1.29, 1.82) is 0 Å². The monoisotopic (exact) mass is 431 g/mol. The molecule has 2 heterocycles. The molecule has 2 saturated heterocycles. The Bertz CT molecular complexity index is 758. The molecule has 2 N–H and O–H groups in total. The molecule has 2 fully saturated rings. The molecule has 0 saturated carbocycles. The van der Waals surface area contributed by atoms with Gasteiger partial charge in [-0.25, -0.2) is 8.42 Å². The summed E-state index contributed by atoms with van der Waals surface area (Å²) in [5.74, 6) is -0.153. The number of morpholine rings is 1. The van der Waals surface area contributed by atoms with Crippen molar-refractivity contribution in [3.63, 3.8) is 0 Å². The molecule has 7 nitrogen and oxygen atoms in total. The molecular formula is C19H30ClN3O4S. The number of carbonyl (C=O) groups excluding carboxylic acids is 1. The molecule has 1 aromatic rings. The molecular weight excluding hydrogens is 402 g/mol. The van der Waals surface area contributed by atoms with Gasteiger partial charge in [-0.1, -0.05) is 18.9 Å². The van der Waals surface area contributed by atoms with Crippen LogP contribution in [0.2, 0.25) is 0 Å². The van der Waals surface area contributed by atoms with Crippen LogP contribution < -0.4 is 10.6 Å². The van der Waals surface area contributed by atoms with Gasteiger partial charge in [0.25, 0.3) is 0 Å². The number of benzene rings is 1. The van der Waals surface area contributed by atoms with E-state index in [1.54, 1.807) is 29.4 Å².